The zero-order valence-electron chi connectivity index (χ0n) is 7.52. The molecule has 1 rings (SSSR count). The number of hydrogen-bond acceptors (Lipinski definition) is 2. The maximum Gasteiger partial charge on any atom is 0.136 e. The van der Waals surface area contributed by atoms with Gasteiger partial charge in [-0.25, -0.2) is 0 Å². The van der Waals surface area contributed by atoms with Crippen molar-refractivity contribution in [1.82, 2.24) is 0 Å². The highest BCUT2D eigenvalue weighted by atomic mass is 16.6. The number of rotatable bonds is 3. The fraction of sp³-hybridized carbons (Fsp3) is 0.889. The molecule has 2 nitrogen and oxygen atoms in total. The van der Waals surface area contributed by atoms with Crippen LogP contribution in [0.25, 0.3) is 0 Å². The van der Waals surface area contributed by atoms with Crippen molar-refractivity contribution in [3.63, 3.8) is 0 Å². The lowest BCUT2D eigenvalue weighted by Crippen LogP contribution is -2.14. The van der Waals surface area contributed by atoms with Crippen LogP contribution in [0.2, 0.25) is 0 Å². The number of ether oxygens (including phenoxy) is 1. The van der Waals surface area contributed by atoms with E-state index in [-0.39, 0.29) is 11.5 Å². The van der Waals surface area contributed by atoms with E-state index in [1.807, 2.05) is 0 Å². The predicted molar refractivity (Wildman–Crippen MR) is 43.4 cm³/mol. The fourth-order valence-electron chi connectivity index (χ4n) is 1.10. The third-order valence-electron chi connectivity index (χ3n) is 1.59. The number of Topliss-reactive ketones (excluding diaryl/α,β-unsaturated/α-hetero) is 1. The van der Waals surface area contributed by atoms with Gasteiger partial charge < -0.3 is 4.74 Å². The van der Waals surface area contributed by atoms with Gasteiger partial charge in [0.05, 0.1) is 12.7 Å². The second kappa shape index (κ2) is 2.94. The van der Waals surface area contributed by atoms with Gasteiger partial charge in [-0.2, -0.15) is 0 Å². The fourth-order valence-corrected chi connectivity index (χ4v) is 1.10. The Kier molecular flexibility index (Phi) is 2.33. The lowest BCUT2D eigenvalue weighted by molar-refractivity contribution is -0.121. The zero-order valence-corrected chi connectivity index (χ0v) is 7.52. The van der Waals surface area contributed by atoms with Gasteiger partial charge in [-0.05, 0) is 5.41 Å². The Balaban J connectivity index is 2.19. The molecule has 1 aliphatic heterocycles. The molecule has 0 aromatic heterocycles. The van der Waals surface area contributed by atoms with Gasteiger partial charge in [-0.3, -0.25) is 4.79 Å². The molecule has 11 heavy (non-hydrogen) atoms. The molecule has 2 heteroatoms. The molecule has 1 heterocycles. The summed E-state index contributed by atoms with van der Waals surface area (Å²) in [6.45, 7) is 7.03. The van der Waals surface area contributed by atoms with Crippen LogP contribution in [-0.2, 0) is 9.53 Å². The van der Waals surface area contributed by atoms with Crippen molar-refractivity contribution in [2.45, 2.75) is 39.7 Å². The lowest BCUT2D eigenvalue weighted by atomic mass is 9.89. The Bertz CT molecular complexity index is 151. The van der Waals surface area contributed by atoms with E-state index < -0.39 is 0 Å². The third-order valence-corrected chi connectivity index (χ3v) is 1.59. The van der Waals surface area contributed by atoms with E-state index >= 15 is 0 Å². The second-order valence-corrected chi connectivity index (χ2v) is 4.44. The first kappa shape index (κ1) is 8.72. The molecule has 1 atom stereocenters. The normalized spacial score (nSPS) is 23.4. The van der Waals surface area contributed by atoms with Crippen molar-refractivity contribution < 1.29 is 9.53 Å². The van der Waals surface area contributed by atoms with Gasteiger partial charge in [0.2, 0.25) is 0 Å². The van der Waals surface area contributed by atoms with E-state index in [2.05, 4.69) is 20.8 Å². The molecule has 0 aliphatic carbocycles. The largest absolute Gasteiger partial charge is 0.373 e. The summed E-state index contributed by atoms with van der Waals surface area (Å²) in [5.41, 5.74) is 0.131. The van der Waals surface area contributed by atoms with Crippen LogP contribution in [-0.4, -0.2) is 18.5 Å². The standard InChI is InChI=1S/C9H16O2/c1-9(2,3)5-7(10)4-8-6-11-8/h8H,4-6H2,1-3H3. The average Bonchev–Trinajstić information content (AvgIpc) is 2.42. The van der Waals surface area contributed by atoms with Gasteiger partial charge in [-0.1, -0.05) is 20.8 Å². The van der Waals surface area contributed by atoms with Crippen LogP contribution in [0.4, 0.5) is 0 Å². The van der Waals surface area contributed by atoms with Crippen LogP contribution in [0.15, 0.2) is 0 Å². The summed E-state index contributed by atoms with van der Waals surface area (Å²) in [7, 11) is 0. The Hall–Kier alpha value is -0.370. The third kappa shape index (κ3) is 4.14. The summed E-state index contributed by atoms with van der Waals surface area (Å²) in [5.74, 6) is 0.333. The molecule has 0 N–H and O–H groups in total. The Morgan fingerprint density at radius 1 is 1.55 bits per heavy atom. The van der Waals surface area contributed by atoms with Crippen molar-refractivity contribution in [3.8, 4) is 0 Å². The van der Waals surface area contributed by atoms with Gasteiger partial charge in [0.15, 0.2) is 0 Å². The van der Waals surface area contributed by atoms with Crippen molar-refractivity contribution >= 4 is 5.78 Å². The molecule has 1 saturated heterocycles. The Morgan fingerprint density at radius 2 is 2.09 bits per heavy atom. The van der Waals surface area contributed by atoms with Crippen molar-refractivity contribution in [1.29, 1.82) is 0 Å². The quantitative estimate of drug-likeness (QED) is 0.583. The molecule has 0 radical (unpaired) electrons. The maximum absolute atomic E-state index is 11.2. The molecular formula is C9H16O2. The molecule has 0 aromatic rings. The number of carbonyl (C=O) groups is 1. The maximum atomic E-state index is 11.2. The summed E-state index contributed by atoms with van der Waals surface area (Å²) in [5, 5.41) is 0. The summed E-state index contributed by atoms with van der Waals surface area (Å²) in [6, 6.07) is 0. The molecule has 0 saturated carbocycles. The van der Waals surface area contributed by atoms with Gasteiger partial charge >= 0.3 is 0 Å². The van der Waals surface area contributed by atoms with E-state index in [1.165, 1.54) is 0 Å². The highest BCUT2D eigenvalue weighted by Crippen LogP contribution is 2.22. The molecule has 0 bridgehead atoms. The zero-order chi connectivity index (χ0) is 8.48. The molecule has 64 valence electrons. The summed E-state index contributed by atoms with van der Waals surface area (Å²) < 4.78 is 4.97. The molecule has 0 spiro atoms. The van der Waals surface area contributed by atoms with Crippen molar-refractivity contribution in [3.05, 3.63) is 0 Å². The first-order valence-corrected chi connectivity index (χ1v) is 4.11. The van der Waals surface area contributed by atoms with Gasteiger partial charge in [0.25, 0.3) is 0 Å². The van der Waals surface area contributed by atoms with Crippen molar-refractivity contribution in [2.75, 3.05) is 6.61 Å². The van der Waals surface area contributed by atoms with Gasteiger partial charge in [0.1, 0.15) is 5.78 Å². The predicted octanol–water partition coefficient (Wildman–Crippen LogP) is 1.78. The number of ketones is 1. The molecule has 1 aliphatic rings. The minimum Gasteiger partial charge on any atom is -0.373 e. The van der Waals surface area contributed by atoms with Crippen LogP contribution in [0.1, 0.15) is 33.6 Å². The Morgan fingerprint density at radius 3 is 2.45 bits per heavy atom. The lowest BCUT2D eigenvalue weighted by Gasteiger charge is -2.15. The highest BCUT2D eigenvalue weighted by Gasteiger charge is 2.27. The van der Waals surface area contributed by atoms with E-state index in [9.17, 15) is 4.79 Å². The van der Waals surface area contributed by atoms with Gasteiger partial charge in [-0.15, -0.1) is 0 Å². The molecule has 0 amide bonds. The summed E-state index contributed by atoms with van der Waals surface area (Å²) in [4.78, 5) is 11.2. The monoisotopic (exact) mass is 156 g/mol. The average molecular weight is 156 g/mol. The van der Waals surface area contributed by atoms with Crippen LogP contribution in [0.5, 0.6) is 0 Å². The molecule has 1 unspecified atom stereocenters. The van der Waals surface area contributed by atoms with Crippen LogP contribution in [0, 0.1) is 5.41 Å². The topological polar surface area (TPSA) is 29.6 Å². The minimum absolute atomic E-state index is 0.131. The minimum atomic E-state index is 0.131. The smallest absolute Gasteiger partial charge is 0.136 e. The number of carbonyl (C=O) groups excluding carboxylic acids is 1. The van der Waals surface area contributed by atoms with Crippen LogP contribution < -0.4 is 0 Å². The van der Waals surface area contributed by atoms with Crippen LogP contribution >= 0.6 is 0 Å². The molecule has 1 fully saturated rings. The summed E-state index contributed by atoms with van der Waals surface area (Å²) in [6.07, 6.45) is 1.55. The molecule has 0 aromatic carbocycles. The Labute approximate surface area is 67.9 Å². The number of hydrogen-bond donors (Lipinski definition) is 0. The first-order valence-electron chi connectivity index (χ1n) is 4.11. The SMILES string of the molecule is CC(C)(C)CC(=O)CC1CO1. The van der Waals surface area contributed by atoms with Crippen molar-refractivity contribution in [2.24, 2.45) is 5.41 Å². The van der Waals surface area contributed by atoms with Crippen LogP contribution in [0.3, 0.4) is 0 Å². The van der Waals surface area contributed by atoms with E-state index in [4.69, 9.17) is 4.74 Å². The van der Waals surface area contributed by atoms with E-state index in [0.717, 1.165) is 6.61 Å². The van der Waals surface area contributed by atoms with E-state index in [1.54, 1.807) is 0 Å². The molecular weight excluding hydrogens is 140 g/mol. The number of epoxide rings is 1. The second-order valence-electron chi connectivity index (χ2n) is 4.44. The summed E-state index contributed by atoms with van der Waals surface area (Å²) >= 11 is 0. The van der Waals surface area contributed by atoms with Gasteiger partial charge in [0, 0.05) is 12.8 Å². The first-order chi connectivity index (χ1) is 4.97. The van der Waals surface area contributed by atoms with E-state index in [0.29, 0.717) is 18.6 Å². The highest BCUT2D eigenvalue weighted by molar-refractivity contribution is 5.79.